The molecule has 112 valence electrons. The minimum Gasteiger partial charge on any atom is -0.478 e. The van der Waals surface area contributed by atoms with Gasteiger partial charge in [0.2, 0.25) is 0 Å². The van der Waals surface area contributed by atoms with Crippen molar-refractivity contribution in [3.8, 4) is 0 Å². The van der Waals surface area contributed by atoms with Crippen LogP contribution < -0.4 is 0 Å². The number of carbonyl (C=O) groups is 1. The normalized spacial score (nSPS) is 17.4. The van der Waals surface area contributed by atoms with Crippen molar-refractivity contribution >= 4 is 17.0 Å². The quantitative estimate of drug-likeness (QED) is 0.929. The number of fused-ring (bicyclic) bond motifs is 1. The fourth-order valence-corrected chi connectivity index (χ4v) is 2.92. The van der Waals surface area contributed by atoms with E-state index < -0.39 is 5.97 Å². The van der Waals surface area contributed by atoms with Gasteiger partial charge in [0.25, 0.3) is 0 Å². The lowest BCUT2D eigenvalue weighted by Crippen LogP contribution is -2.30. The minimum atomic E-state index is -0.917. The molecule has 1 aromatic carbocycles. The van der Waals surface area contributed by atoms with Crippen LogP contribution >= 0.6 is 0 Å². The minimum absolute atomic E-state index is 0.283. The van der Waals surface area contributed by atoms with Crippen LogP contribution in [0.2, 0.25) is 0 Å². The molecule has 1 saturated heterocycles. The number of benzene rings is 1. The summed E-state index contributed by atoms with van der Waals surface area (Å²) in [5, 5.41) is 17.3. The molecule has 1 fully saturated rings. The molecule has 3 rings (SSSR count). The van der Waals surface area contributed by atoms with Crippen LogP contribution in [0.5, 0.6) is 0 Å². The van der Waals surface area contributed by atoms with Gasteiger partial charge in [0.1, 0.15) is 5.52 Å². The van der Waals surface area contributed by atoms with Crippen molar-refractivity contribution < 1.29 is 9.90 Å². The monoisotopic (exact) mass is 288 g/mol. The van der Waals surface area contributed by atoms with Gasteiger partial charge in [-0.1, -0.05) is 5.21 Å². The van der Waals surface area contributed by atoms with Crippen molar-refractivity contribution in [3.63, 3.8) is 0 Å². The Morgan fingerprint density at radius 1 is 1.38 bits per heavy atom. The average Bonchev–Trinajstić information content (AvgIpc) is 2.89. The molecule has 6 heteroatoms. The molecule has 0 saturated carbocycles. The molecule has 0 aliphatic carbocycles. The molecular weight excluding hydrogens is 268 g/mol. The molecule has 0 amide bonds. The van der Waals surface area contributed by atoms with E-state index in [-0.39, 0.29) is 5.56 Å². The molecule has 1 aliphatic rings. The van der Waals surface area contributed by atoms with Gasteiger partial charge in [-0.3, -0.25) is 0 Å². The Kier molecular flexibility index (Phi) is 3.88. The Hall–Kier alpha value is -1.95. The van der Waals surface area contributed by atoms with Crippen LogP contribution in [0.25, 0.3) is 11.0 Å². The van der Waals surface area contributed by atoms with Crippen LogP contribution in [-0.2, 0) is 6.54 Å². The Balaban J connectivity index is 1.71. The van der Waals surface area contributed by atoms with Crippen molar-refractivity contribution in [2.45, 2.75) is 25.8 Å². The lowest BCUT2D eigenvalue weighted by Gasteiger charge is -2.28. The van der Waals surface area contributed by atoms with E-state index in [1.54, 1.807) is 18.2 Å². The highest BCUT2D eigenvalue weighted by Crippen LogP contribution is 2.21. The van der Waals surface area contributed by atoms with Crippen molar-refractivity contribution in [2.24, 2.45) is 5.92 Å². The van der Waals surface area contributed by atoms with Crippen LogP contribution in [0.15, 0.2) is 18.2 Å². The number of likely N-dealkylation sites (tertiary alicyclic amines) is 1. The molecule has 0 bridgehead atoms. The van der Waals surface area contributed by atoms with Crippen LogP contribution in [0.3, 0.4) is 0 Å². The number of hydrogen-bond acceptors (Lipinski definition) is 4. The zero-order chi connectivity index (χ0) is 14.8. The van der Waals surface area contributed by atoms with E-state index in [1.165, 1.54) is 12.8 Å². The van der Waals surface area contributed by atoms with Gasteiger partial charge in [0.05, 0.1) is 11.1 Å². The number of aromatic carboxylic acids is 1. The number of nitrogens with zero attached hydrogens (tertiary/aromatic N) is 4. The molecule has 6 nitrogen and oxygen atoms in total. The molecule has 0 atom stereocenters. The highest BCUT2D eigenvalue weighted by Gasteiger charge is 2.17. The van der Waals surface area contributed by atoms with Gasteiger partial charge in [-0.05, 0) is 63.5 Å². The summed E-state index contributed by atoms with van der Waals surface area (Å²) < 4.78 is 1.83. The van der Waals surface area contributed by atoms with Gasteiger partial charge in [-0.15, -0.1) is 5.10 Å². The molecule has 2 heterocycles. The van der Waals surface area contributed by atoms with Gasteiger partial charge in [0, 0.05) is 6.54 Å². The fourth-order valence-electron chi connectivity index (χ4n) is 2.92. The van der Waals surface area contributed by atoms with Crippen molar-refractivity contribution in [1.82, 2.24) is 19.9 Å². The second-order valence-electron chi connectivity index (χ2n) is 5.86. The van der Waals surface area contributed by atoms with Crippen molar-refractivity contribution in [1.29, 1.82) is 0 Å². The summed E-state index contributed by atoms with van der Waals surface area (Å²) in [7, 11) is 2.16. The van der Waals surface area contributed by atoms with Crippen LogP contribution in [0.4, 0.5) is 0 Å². The summed E-state index contributed by atoms with van der Waals surface area (Å²) in [6.07, 6.45) is 3.52. The summed E-state index contributed by atoms with van der Waals surface area (Å²) in [4.78, 5) is 13.4. The number of carboxylic acids is 1. The largest absolute Gasteiger partial charge is 0.478 e. The maximum Gasteiger partial charge on any atom is 0.335 e. The predicted molar refractivity (Wildman–Crippen MR) is 79.3 cm³/mol. The SMILES string of the molecule is CN1CCC(CCn2nnc3ccc(C(=O)O)cc32)CC1. The molecule has 0 radical (unpaired) electrons. The third-order valence-corrected chi connectivity index (χ3v) is 4.35. The summed E-state index contributed by atoms with van der Waals surface area (Å²) in [6.45, 7) is 3.12. The summed E-state index contributed by atoms with van der Waals surface area (Å²) in [5.74, 6) is -0.192. The molecule has 1 N–H and O–H groups in total. The first-order chi connectivity index (χ1) is 10.1. The lowest BCUT2D eigenvalue weighted by molar-refractivity contribution is 0.0697. The zero-order valence-electron chi connectivity index (χ0n) is 12.2. The topological polar surface area (TPSA) is 71.2 Å². The highest BCUT2D eigenvalue weighted by atomic mass is 16.4. The third-order valence-electron chi connectivity index (χ3n) is 4.35. The van der Waals surface area contributed by atoms with Crippen molar-refractivity contribution in [2.75, 3.05) is 20.1 Å². The van der Waals surface area contributed by atoms with Gasteiger partial charge in [-0.2, -0.15) is 0 Å². The first kappa shape index (κ1) is 14.0. The first-order valence-electron chi connectivity index (χ1n) is 7.38. The highest BCUT2D eigenvalue weighted by molar-refractivity contribution is 5.92. The van der Waals surface area contributed by atoms with E-state index in [4.69, 9.17) is 5.11 Å². The second-order valence-corrected chi connectivity index (χ2v) is 5.86. The first-order valence-corrected chi connectivity index (χ1v) is 7.38. The Bertz CT molecular complexity index is 644. The van der Waals surface area contributed by atoms with E-state index in [0.717, 1.165) is 43.0 Å². The molecule has 1 aromatic heterocycles. The van der Waals surface area contributed by atoms with Gasteiger partial charge in [-0.25, -0.2) is 9.48 Å². The maximum atomic E-state index is 11.1. The van der Waals surface area contributed by atoms with E-state index in [0.29, 0.717) is 0 Å². The van der Waals surface area contributed by atoms with E-state index >= 15 is 0 Å². The molecule has 1 aliphatic heterocycles. The summed E-state index contributed by atoms with van der Waals surface area (Å²) in [6, 6.07) is 4.95. The number of aryl methyl sites for hydroxylation is 1. The maximum absolute atomic E-state index is 11.1. The molecule has 21 heavy (non-hydrogen) atoms. The number of carboxylic acid groups (broad SMARTS) is 1. The van der Waals surface area contributed by atoms with Crippen molar-refractivity contribution in [3.05, 3.63) is 23.8 Å². The number of aromatic nitrogens is 3. The Labute approximate surface area is 123 Å². The van der Waals surface area contributed by atoms with Gasteiger partial charge < -0.3 is 10.0 Å². The van der Waals surface area contributed by atoms with E-state index in [1.807, 2.05) is 4.68 Å². The fraction of sp³-hybridized carbons (Fsp3) is 0.533. The molecular formula is C15H20N4O2. The third kappa shape index (κ3) is 3.05. The zero-order valence-corrected chi connectivity index (χ0v) is 12.2. The smallest absolute Gasteiger partial charge is 0.335 e. The summed E-state index contributed by atoms with van der Waals surface area (Å²) in [5.41, 5.74) is 1.84. The molecule has 0 spiro atoms. The number of piperidine rings is 1. The van der Waals surface area contributed by atoms with Crippen LogP contribution in [0, 0.1) is 5.92 Å². The Morgan fingerprint density at radius 3 is 2.86 bits per heavy atom. The van der Waals surface area contributed by atoms with Crippen LogP contribution in [-0.4, -0.2) is 51.1 Å². The second kappa shape index (κ2) is 5.81. The molecule has 2 aromatic rings. The number of rotatable bonds is 4. The Morgan fingerprint density at radius 2 is 2.14 bits per heavy atom. The standard InChI is InChI=1S/C15H20N4O2/c1-18-7-4-11(5-8-18)6-9-19-14-10-12(15(20)21)2-3-13(14)16-17-19/h2-3,10-11H,4-9H2,1H3,(H,20,21). The van der Waals surface area contributed by atoms with Crippen LogP contribution in [0.1, 0.15) is 29.6 Å². The lowest BCUT2D eigenvalue weighted by atomic mass is 9.94. The van der Waals surface area contributed by atoms with Gasteiger partial charge >= 0.3 is 5.97 Å². The predicted octanol–water partition coefficient (Wildman–Crippen LogP) is 1.86. The summed E-state index contributed by atoms with van der Waals surface area (Å²) >= 11 is 0. The number of hydrogen-bond donors (Lipinski definition) is 1. The van der Waals surface area contributed by atoms with E-state index in [9.17, 15) is 4.79 Å². The van der Waals surface area contributed by atoms with E-state index in [2.05, 4.69) is 22.3 Å². The van der Waals surface area contributed by atoms with Gasteiger partial charge in [0.15, 0.2) is 0 Å². The average molecular weight is 288 g/mol. The molecule has 0 unspecified atom stereocenters.